The molecule has 0 amide bonds. The third-order valence-electron chi connectivity index (χ3n) is 6.24. The zero-order valence-electron chi connectivity index (χ0n) is 19.7. The van der Waals surface area contributed by atoms with Gasteiger partial charge < -0.3 is 29.7 Å². The Bertz CT molecular complexity index is 1270. The lowest BCUT2D eigenvalue weighted by Gasteiger charge is -2.31. The minimum atomic E-state index is -1.34. The van der Waals surface area contributed by atoms with Crippen molar-refractivity contribution in [2.45, 2.75) is 26.4 Å². The number of anilines is 2. The summed E-state index contributed by atoms with van der Waals surface area (Å²) in [5, 5.41) is 23.2. The van der Waals surface area contributed by atoms with E-state index in [1.54, 1.807) is 22.8 Å². The van der Waals surface area contributed by atoms with Crippen LogP contribution in [-0.4, -0.2) is 58.6 Å². The van der Waals surface area contributed by atoms with Crippen molar-refractivity contribution >= 4 is 28.5 Å². The van der Waals surface area contributed by atoms with E-state index in [4.69, 9.17) is 9.72 Å². The number of fused-ring (bicyclic) bond motifs is 1. The highest BCUT2D eigenvalue weighted by molar-refractivity contribution is 5.93. The molecule has 0 aliphatic carbocycles. The first-order chi connectivity index (χ1) is 16.8. The predicted octanol–water partition coefficient (Wildman–Crippen LogP) is 2.87. The molecule has 1 aromatic carbocycles. The number of morpholine rings is 1. The number of hydrogen-bond acceptors (Lipinski definition) is 7. The summed E-state index contributed by atoms with van der Waals surface area (Å²) in [6.07, 6.45) is 1.27. The Balaban J connectivity index is 1.90. The first kappa shape index (κ1) is 24.6. The number of ether oxygens (including phenoxy) is 1. The van der Waals surface area contributed by atoms with Gasteiger partial charge in [-0.25, -0.2) is 14.2 Å². The van der Waals surface area contributed by atoms with Crippen molar-refractivity contribution in [3.05, 3.63) is 63.7 Å². The molecule has 186 valence electrons. The van der Waals surface area contributed by atoms with Gasteiger partial charge in [-0.1, -0.05) is 26.0 Å². The number of nitrogens with zero attached hydrogens (tertiary/aromatic N) is 3. The largest absolute Gasteiger partial charge is 0.477 e. The van der Waals surface area contributed by atoms with Gasteiger partial charge in [0.05, 0.1) is 36.9 Å². The molecule has 0 saturated carbocycles. The van der Waals surface area contributed by atoms with Gasteiger partial charge in [-0.05, 0) is 29.7 Å². The lowest BCUT2D eigenvalue weighted by atomic mass is 10.0. The van der Waals surface area contributed by atoms with Crippen molar-refractivity contribution in [2.24, 2.45) is 5.92 Å². The number of carboxylic acid groups (broad SMARTS) is 1. The van der Waals surface area contributed by atoms with Gasteiger partial charge in [0.15, 0.2) is 5.82 Å². The van der Waals surface area contributed by atoms with E-state index in [0.717, 1.165) is 5.56 Å². The van der Waals surface area contributed by atoms with Crippen LogP contribution in [-0.2, 0) is 11.3 Å². The molecule has 0 spiro atoms. The van der Waals surface area contributed by atoms with E-state index in [0.29, 0.717) is 50.0 Å². The van der Waals surface area contributed by atoms with Gasteiger partial charge in [-0.15, -0.1) is 0 Å². The SMILES string of the molecule is CC(C)C(CO)n1cc(C(=O)O)c(=O)c2cc(NCc3ccc(F)cc3)c(N3CCOCC3)nc21. The van der Waals surface area contributed by atoms with Crippen LogP contribution in [0.4, 0.5) is 15.9 Å². The average Bonchev–Trinajstić information content (AvgIpc) is 2.85. The molecule has 3 heterocycles. The van der Waals surface area contributed by atoms with Crippen molar-refractivity contribution < 1.29 is 24.1 Å². The first-order valence-corrected chi connectivity index (χ1v) is 11.5. The zero-order chi connectivity index (χ0) is 25.1. The number of aromatic carboxylic acids is 1. The molecule has 9 nitrogen and oxygen atoms in total. The van der Waals surface area contributed by atoms with Gasteiger partial charge in [-0.3, -0.25) is 4.79 Å². The topological polar surface area (TPSA) is 117 Å². The third kappa shape index (κ3) is 5.13. The second-order valence-electron chi connectivity index (χ2n) is 8.89. The summed E-state index contributed by atoms with van der Waals surface area (Å²) in [7, 11) is 0. The second kappa shape index (κ2) is 10.4. The summed E-state index contributed by atoms with van der Waals surface area (Å²) in [6.45, 7) is 6.15. The number of aliphatic hydroxyl groups excluding tert-OH is 1. The number of benzene rings is 1. The number of hydrogen-bond donors (Lipinski definition) is 3. The molecule has 0 radical (unpaired) electrons. The quantitative estimate of drug-likeness (QED) is 0.447. The van der Waals surface area contributed by atoms with Crippen LogP contribution >= 0.6 is 0 Å². The molecule has 2 aromatic heterocycles. The standard InChI is InChI=1S/C25H29FN4O5/c1-15(2)21(14-31)30-13-19(25(33)34)22(32)18-11-20(27-12-16-3-5-17(26)6-4-16)24(28-23(18)30)29-7-9-35-10-8-29/h3-6,11,13,15,21,27,31H,7-10,12,14H2,1-2H3,(H,33,34). The van der Waals surface area contributed by atoms with E-state index >= 15 is 0 Å². The fourth-order valence-electron chi connectivity index (χ4n) is 4.23. The summed E-state index contributed by atoms with van der Waals surface area (Å²) >= 11 is 0. The number of nitrogens with one attached hydrogen (secondary N) is 1. The third-order valence-corrected chi connectivity index (χ3v) is 6.24. The highest BCUT2D eigenvalue weighted by atomic mass is 19.1. The Labute approximate surface area is 201 Å². The van der Waals surface area contributed by atoms with E-state index in [-0.39, 0.29) is 29.3 Å². The van der Waals surface area contributed by atoms with Gasteiger partial charge in [0.2, 0.25) is 5.43 Å². The minimum Gasteiger partial charge on any atom is -0.477 e. The van der Waals surface area contributed by atoms with Crippen molar-refractivity contribution in [1.82, 2.24) is 9.55 Å². The molecule has 3 aromatic rings. The molecule has 1 unspecified atom stereocenters. The van der Waals surface area contributed by atoms with E-state index < -0.39 is 17.4 Å². The van der Waals surface area contributed by atoms with E-state index in [2.05, 4.69) is 5.32 Å². The van der Waals surface area contributed by atoms with Crippen molar-refractivity contribution in [3.63, 3.8) is 0 Å². The highest BCUT2D eigenvalue weighted by Crippen LogP contribution is 2.31. The monoisotopic (exact) mass is 484 g/mol. The summed E-state index contributed by atoms with van der Waals surface area (Å²) < 4.78 is 20.4. The van der Waals surface area contributed by atoms with Gasteiger partial charge in [0, 0.05) is 25.8 Å². The number of halogens is 1. The molecule has 10 heteroatoms. The van der Waals surface area contributed by atoms with Crippen molar-refractivity contribution in [3.8, 4) is 0 Å². The van der Waals surface area contributed by atoms with Crippen LogP contribution in [0.15, 0.2) is 41.3 Å². The minimum absolute atomic E-state index is 0.0442. The number of carbonyl (C=O) groups is 1. The molecule has 1 atom stereocenters. The Morgan fingerprint density at radius 2 is 1.91 bits per heavy atom. The summed E-state index contributed by atoms with van der Waals surface area (Å²) in [5.41, 5.74) is 0.662. The molecule has 1 fully saturated rings. The van der Waals surface area contributed by atoms with Crippen molar-refractivity contribution in [2.75, 3.05) is 43.1 Å². The molecule has 3 N–H and O–H groups in total. The molecule has 4 rings (SSSR count). The molecular formula is C25H29FN4O5. The Kier molecular flexibility index (Phi) is 7.32. The average molecular weight is 485 g/mol. The molecule has 1 aliphatic heterocycles. The summed E-state index contributed by atoms with van der Waals surface area (Å²) in [4.78, 5) is 31.9. The maximum Gasteiger partial charge on any atom is 0.341 e. The smallest absolute Gasteiger partial charge is 0.341 e. The van der Waals surface area contributed by atoms with Gasteiger partial charge >= 0.3 is 5.97 Å². The van der Waals surface area contributed by atoms with Crippen LogP contribution in [0, 0.1) is 11.7 Å². The molecule has 1 saturated heterocycles. The lowest BCUT2D eigenvalue weighted by Crippen LogP contribution is -2.37. The molecule has 0 bridgehead atoms. The second-order valence-corrected chi connectivity index (χ2v) is 8.89. The Morgan fingerprint density at radius 3 is 2.51 bits per heavy atom. The number of aromatic nitrogens is 2. The van der Waals surface area contributed by atoms with E-state index in [1.807, 2.05) is 18.7 Å². The van der Waals surface area contributed by atoms with Crippen LogP contribution in [0.2, 0.25) is 0 Å². The first-order valence-electron chi connectivity index (χ1n) is 11.5. The van der Waals surface area contributed by atoms with Crippen molar-refractivity contribution in [1.29, 1.82) is 0 Å². The van der Waals surface area contributed by atoms with E-state index in [1.165, 1.54) is 18.3 Å². The zero-order valence-corrected chi connectivity index (χ0v) is 19.7. The van der Waals surface area contributed by atoms with E-state index in [9.17, 15) is 24.2 Å². The predicted molar refractivity (Wildman–Crippen MR) is 131 cm³/mol. The number of rotatable bonds is 8. The number of aliphatic hydroxyl groups is 1. The Hall–Kier alpha value is -3.50. The summed E-state index contributed by atoms with van der Waals surface area (Å²) in [5.74, 6) is -1.12. The maximum atomic E-state index is 13.3. The van der Waals surface area contributed by atoms with Crippen LogP contribution in [0.1, 0.15) is 35.8 Å². The van der Waals surface area contributed by atoms with Crippen LogP contribution in [0.5, 0.6) is 0 Å². The van der Waals surface area contributed by atoms with Crippen LogP contribution in [0.25, 0.3) is 11.0 Å². The molecule has 1 aliphatic rings. The normalized spacial score (nSPS) is 14.9. The molecular weight excluding hydrogens is 455 g/mol. The highest BCUT2D eigenvalue weighted by Gasteiger charge is 2.25. The van der Waals surface area contributed by atoms with Crippen LogP contribution < -0.4 is 15.6 Å². The Morgan fingerprint density at radius 1 is 1.23 bits per heavy atom. The number of pyridine rings is 2. The van der Waals surface area contributed by atoms with Gasteiger partial charge in [0.25, 0.3) is 0 Å². The molecule has 35 heavy (non-hydrogen) atoms. The number of carboxylic acids is 1. The fourth-order valence-corrected chi connectivity index (χ4v) is 4.23. The lowest BCUT2D eigenvalue weighted by molar-refractivity contribution is 0.0694. The summed E-state index contributed by atoms with van der Waals surface area (Å²) in [6, 6.07) is 7.22. The van der Waals surface area contributed by atoms with Crippen LogP contribution in [0.3, 0.4) is 0 Å². The fraction of sp³-hybridized carbons (Fsp3) is 0.400. The van der Waals surface area contributed by atoms with Gasteiger partial charge in [-0.2, -0.15) is 0 Å². The van der Waals surface area contributed by atoms with Gasteiger partial charge in [0.1, 0.15) is 17.0 Å². The maximum absolute atomic E-state index is 13.3.